The van der Waals surface area contributed by atoms with Crippen molar-refractivity contribution in [3.63, 3.8) is 0 Å². The fourth-order valence-corrected chi connectivity index (χ4v) is 4.45. The zero-order chi connectivity index (χ0) is 20.8. The van der Waals surface area contributed by atoms with E-state index in [0.717, 1.165) is 21.8 Å². The molecule has 0 fully saturated rings. The molecule has 0 atom stereocenters. The van der Waals surface area contributed by atoms with Crippen molar-refractivity contribution >= 4 is 51.5 Å². The van der Waals surface area contributed by atoms with Gasteiger partial charge in [0.15, 0.2) is 0 Å². The SMILES string of the molecule is O=C(O)c1ccc2c(=O)n3c(nc2c1)/C(=C/c1csc(-c2ccc(Cl)cc2)n1)CC3. The Hall–Kier alpha value is -3.29. The van der Waals surface area contributed by atoms with Crippen LogP contribution >= 0.6 is 22.9 Å². The van der Waals surface area contributed by atoms with Crippen LogP contribution in [-0.2, 0) is 6.54 Å². The first-order valence-electron chi connectivity index (χ1n) is 9.20. The third kappa shape index (κ3) is 3.22. The van der Waals surface area contributed by atoms with E-state index in [4.69, 9.17) is 11.6 Å². The average Bonchev–Trinajstić information content (AvgIpc) is 3.36. The second-order valence-corrected chi connectivity index (χ2v) is 8.23. The maximum atomic E-state index is 12.8. The highest BCUT2D eigenvalue weighted by Gasteiger charge is 2.22. The van der Waals surface area contributed by atoms with E-state index in [-0.39, 0.29) is 11.1 Å². The molecule has 1 aliphatic heterocycles. The number of allylic oxidation sites excluding steroid dienone is 1. The van der Waals surface area contributed by atoms with Crippen molar-refractivity contribution in [2.75, 3.05) is 0 Å². The molecule has 5 rings (SSSR count). The number of carbonyl (C=O) groups is 1. The first kappa shape index (κ1) is 18.7. The van der Waals surface area contributed by atoms with Crippen LogP contribution in [0, 0.1) is 0 Å². The van der Waals surface area contributed by atoms with Gasteiger partial charge in [0.1, 0.15) is 10.8 Å². The van der Waals surface area contributed by atoms with Gasteiger partial charge in [0.2, 0.25) is 0 Å². The van der Waals surface area contributed by atoms with Gasteiger partial charge in [-0.2, -0.15) is 0 Å². The fraction of sp³-hybridized carbons (Fsp3) is 0.0909. The number of hydrogen-bond acceptors (Lipinski definition) is 5. The minimum atomic E-state index is -1.05. The highest BCUT2D eigenvalue weighted by atomic mass is 35.5. The Morgan fingerprint density at radius 1 is 1.17 bits per heavy atom. The predicted molar refractivity (Wildman–Crippen MR) is 118 cm³/mol. The van der Waals surface area contributed by atoms with Crippen LogP contribution in [0.2, 0.25) is 5.02 Å². The molecule has 0 unspecified atom stereocenters. The summed E-state index contributed by atoms with van der Waals surface area (Å²) in [5, 5.41) is 13.2. The highest BCUT2D eigenvalue weighted by Crippen LogP contribution is 2.30. The molecule has 2 aromatic heterocycles. The van der Waals surface area contributed by atoms with Gasteiger partial charge in [0.05, 0.1) is 22.2 Å². The topological polar surface area (TPSA) is 85.1 Å². The van der Waals surface area contributed by atoms with Crippen molar-refractivity contribution < 1.29 is 9.90 Å². The van der Waals surface area contributed by atoms with Crippen LogP contribution in [0.5, 0.6) is 0 Å². The number of thiazole rings is 1. The molecule has 30 heavy (non-hydrogen) atoms. The van der Waals surface area contributed by atoms with Gasteiger partial charge in [-0.15, -0.1) is 11.3 Å². The number of aromatic nitrogens is 3. The normalized spacial score (nSPS) is 14.4. The molecule has 1 N–H and O–H groups in total. The van der Waals surface area contributed by atoms with Gasteiger partial charge < -0.3 is 5.11 Å². The number of rotatable bonds is 3. The summed E-state index contributed by atoms with van der Waals surface area (Å²) >= 11 is 7.48. The number of hydrogen-bond donors (Lipinski definition) is 1. The fourth-order valence-electron chi connectivity index (χ4n) is 3.54. The van der Waals surface area contributed by atoms with Gasteiger partial charge in [-0.3, -0.25) is 9.36 Å². The molecule has 0 spiro atoms. The van der Waals surface area contributed by atoms with E-state index in [2.05, 4.69) is 9.97 Å². The monoisotopic (exact) mass is 435 g/mol. The molecule has 0 aliphatic carbocycles. The lowest BCUT2D eigenvalue weighted by Gasteiger charge is -2.06. The molecule has 0 radical (unpaired) electrons. The molecule has 0 saturated heterocycles. The van der Waals surface area contributed by atoms with Crippen LogP contribution in [0.1, 0.15) is 28.3 Å². The second kappa shape index (κ2) is 7.19. The molecular formula is C22H14ClN3O3S. The number of benzene rings is 2. The number of fused-ring (bicyclic) bond motifs is 2. The quantitative estimate of drug-likeness (QED) is 0.498. The Morgan fingerprint density at radius 3 is 2.73 bits per heavy atom. The maximum absolute atomic E-state index is 12.8. The van der Waals surface area contributed by atoms with Crippen LogP contribution in [0.4, 0.5) is 0 Å². The third-order valence-corrected chi connectivity index (χ3v) is 6.19. The van der Waals surface area contributed by atoms with E-state index in [1.165, 1.54) is 29.5 Å². The lowest BCUT2D eigenvalue weighted by Crippen LogP contribution is -2.21. The van der Waals surface area contributed by atoms with Crippen LogP contribution in [-0.4, -0.2) is 25.6 Å². The van der Waals surface area contributed by atoms with Gasteiger partial charge >= 0.3 is 5.97 Å². The summed E-state index contributed by atoms with van der Waals surface area (Å²) in [6, 6.07) is 11.9. The van der Waals surface area contributed by atoms with Crippen molar-refractivity contribution in [1.29, 1.82) is 0 Å². The number of nitrogens with zero attached hydrogens (tertiary/aromatic N) is 3. The molecule has 0 amide bonds. The maximum Gasteiger partial charge on any atom is 0.335 e. The summed E-state index contributed by atoms with van der Waals surface area (Å²) in [5.74, 6) is -0.483. The summed E-state index contributed by atoms with van der Waals surface area (Å²) in [6.07, 6.45) is 2.60. The summed E-state index contributed by atoms with van der Waals surface area (Å²) in [7, 11) is 0. The van der Waals surface area contributed by atoms with Crippen molar-refractivity contribution in [2.24, 2.45) is 0 Å². The van der Waals surface area contributed by atoms with Crippen molar-refractivity contribution in [1.82, 2.24) is 14.5 Å². The molecule has 1 aliphatic rings. The number of carboxylic acids is 1. The standard InChI is InChI=1S/C22H14ClN3O3S/c23-15-4-1-12(2-5-15)20-24-16(11-30-20)9-13-7-8-26-19(13)25-18-10-14(22(28)29)3-6-17(18)21(26)27/h1-6,9-11H,7-8H2,(H,28,29)/b13-9+. The van der Waals surface area contributed by atoms with E-state index < -0.39 is 5.97 Å². The van der Waals surface area contributed by atoms with E-state index in [1.54, 1.807) is 4.57 Å². The van der Waals surface area contributed by atoms with Gasteiger partial charge in [0, 0.05) is 22.5 Å². The van der Waals surface area contributed by atoms with Crippen LogP contribution in [0.25, 0.3) is 33.1 Å². The molecule has 148 valence electrons. The van der Waals surface area contributed by atoms with Crippen molar-refractivity contribution in [2.45, 2.75) is 13.0 Å². The Balaban J connectivity index is 1.56. The van der Waals surface area contributed by atoms with Crippen LogP contribution in [0.3, 0.4) is 0 Å². The van der Waals surface area contributed by atoms with E-state index in [0.29, 0.717) is 34.7 Å². The minimum Gasteiger partial charge on any atom is -0.478 e. The Labute approximate surface area is 179 Å². The molecule has 6 nitrogen and oxygen atoms in total. The summed E-state index contributed by atoms with van der Waals surface area (Å²) in [6.45, 7) is 0.539. The minimum absolute atomic E-state index is 0.106. The van der Waals surface area contributed by atoms with Gasteiger partial charge in [-0.25, -0.2) is 14.8 Å². The number of aromatic carboxylic acids is 1. The Bertz CT molecular complexity index is 1400. The molecule has 8 heteroatoms. The van der Waals surface area contributed by atoms with Crippen molar-refractivity contribution in [3.05, 3.63) is 80.3 Å². The lowest BCUT2D eigenvalue weighted by atomic mass is 10.1. The smallest absolute Gasteiger partial charge is 0.335 e. The van der Waals surface area contributed by atoms with E-state index in [9.17, 15) is 14.7 Å². The molecule has 4 aromatic rings. The number of carboxylic acid groups (broad SMARTS) is 1. The van der Waals surface area contributed by atoms with E-state index >= 15 is 0 Å². The highest BCUT2D eigenvalue weighted by molar-refractivity contribution is 7.13. The first-order chi connectivity index (χ1) is 14.5. The van der Waals surface area contributed by atoms with E-state index in [1.807, 2.05) is 35.7 Å². The van der Waals surface area contributed by atoms with Gasteiger partial charge in [-0.1, -0.05) is 23.7 Å². The average molecular weight is 436 g/mol. The molecular weight excluding hydrogens is 422 g/mol. The molecule has 3 heterocycles. The summed E-state index contributed by atoms with van der Waals surface area (Å²) in [5.41, 5.74) is 3.02. The first-order valence-corrected chi connectivity index (χ1v) is 10.5. The van der Waals surface area contributed by atoms with Crippen LogP contribution < -0.4 is 5.56 Å². The Morgan fingerprint density at radius 2 is 1.97 bits per heavy atom. The zero-order valence-corrected chi connectivity index (χ0v) is 17.1. The largest absolute Gasteiger partial charge is 0.478 e. The van der Waals surface area contributed by atoms with Gasteiger partial charge in [0.25, 0.3) is 5.56 Å². The second-order valence-electron chi connectivity index (χ2n) is 6.93. The molecule has 0 saturated carbocycles. The summed E-state index contributed by atoms with van der Waals surface area (Å²) < 4.78 is 1.64. The lowest BCUT2D eigenvalue weighted by molar-refractivity contribution is 0.0697. The zero-order valence-electron chi connectivity index (χ0n) is 15.5. The number of halogens is 1. The van der Waals surface area contributed by atoms with Crippen LogP contribution in [0.15, 0.2) is 52.6 Å². The Kier molecular flexibility index (Phi) is 4.49. The molecule has 2 aromatic carbocycles. The summed E-state index contributed by atoms with van der Waals surface area (Å²) in [4.78, 5) is 33.4. The predicted octanol–water partition coefficient (Wildman–Crippen LogP) is 4.82. The van der Waals surface area contributed by atoms with Gasteiger partial charge in [-0.05, 0) is 48.4 Å². The molecule has 0 bridgehead atoms. The third-order valence-electron chi connectivity index (χ3n) is 5.03. The van der Waals surface area contributed by atoms with Crippen molar-refractivity contribution in [3.8, 4) is 10.6 Å².